The number of aliphatic carboxylic acids is 1. The van der Waals surface area contributed by atoms with Crippen molar-refractivity contribution in [2.45, 2.75) is 38.0 Å². The topological polar surface area (TPSA) is 84.7 Å². The molecule has 0 saturated heterocycles. The zero-order valence-electron chi connectivity index (χ0n) is 20.1. The maximum absolute atomic E-state index is 13.4. The van der Waals surface area contributed by atoms with Crippen LogP contribution in [0.2, 0.25) is 0 Å². The fourth-order valence-corrected chi connectivity index (χ4v) is 4.52. The van der Waals surface area contributed by atoms with E-state index in [1.54, 1.807) is 22.8 Å². The van der Waals surface area contributed by atoms with Crippen LogP contribution in [0.25, 0.3) is 11.0 Å². The third kappa shape index (κ3) is 3.48. The molecule has 2 bridgehead atoms. The maximum Gasteiger partial charge on any atom is 0.387 e. The number of ether oxygens (including phenoxy) is 1. The summed E-state index contributed by atoms with van der Waals surface area (Å²) in [5.74, 6) is 4.08. The Labute approximate surface area is 191 Å². The number of nitrogens with zero attached hydrogens (tertiary/aromatic N) is 3. The SMILES string of the molecule is [2H]C([2H])([2H])N1C(=O)c2cccc(OC(F)F)c2[C@H]2C[C@@H]1c1nc3ccc(C#CCCC(=O)O)cc3n12. The number of halogens is 2. The van der Waals surface area contributed by atoms with Crippen molar-refractivity contribution in [2.75, 3.05) is 6.98 Å². The molecule has 0 unspecified atom stereocenters. The van der Waals surface area contributed by atoms with E-state index < -0.39 is 37.5 Å². The zero-order chi connectivity index (χ0) is 25.8. The van der Waals surface area contributed by atoms with Gasteiger partial charge in [0.25, 0.3) is 5.91 Å². The van der Waals surface area contributed by atoms with Crippen LogP contribution in [0.3, 0.4) is 0 Å². The summed E-state index contributed by atoms with van der Waals surface area (Å²) in [5.41, 5.74) is 1.84. The number of carbonyl (C=O) groups is 2. The first-order valence-electron chi connectivity index (χ1n) is 11.7. The quantitative estimate of drug-likeness (QED) is 0.603. The Hall–Kier alpha value is -3.93. The molecule has 1 aromatic heterocycles. The minimum absolute atomic E-state index is 0.0195. The highest BCUT2D eigenvalue weighted by atomic mass is 19.3. The number of fused-ring (bicyclic) bond motifs is 9. The fourth-order valence-electron chi connectivity index (χ4n) is 4.52. The standard InChI is InChI=1S/C24H19F2N3O4/c1-28-18-12-17(21-14(23(28)32)6-4-7-19(21)33-24(25)26)29-16-11-13(5-2-3-8-20(30)31)9-10-15(16)27-22(18)29/h4,6-7,9-11,17-18,24H,3,8,12H2,1H3,(H,30,31)/t17-,18-/m1/s1/i1D3. The first-order valence-corrected chi connectivity index (χ1v) is 10.2. The van der Waals surface area contributed by atoms with Gasteiger partial charge in [0.2, 0.25) is 0 Å². The van der Waals surface area contributed by atoms with Crippen LogP contribution in [-0.4, -0.2) is 45.0 Å². The number of hydrogen-bond acceptors (Lipinski definition) is 4. The molecular formula is C24H19F2N3O4. The molecule has 1 amide bonds. The van der Waals surface area contributed by atoms with E-state index in [0.717, 1.165) is 4.90 Å². The van der Waals surface area contributed by atoms with Gasteiger partial charge in [0, 0.05) is 40.6 Å². The first kappa shape index (κ1) is 17.6. The van der Waals surface area contributed by atoms with Gasteiger partial charge in [-0.3, -0.25) is 9.59 Å². The maximum atomic E-state index is 13.4. The molecule has 7 nitrogen and oxygen atoms in total. The molecule has 2 aliphatic heterocycles. The summed E-state index contributed by atoms with van der Waals surface area (Å²) in [6.07, 6.45) is 0.192. The Kier molecular flexibility index (Phi) is 4.21. The van der Waals surface area contributed by atoms with E-state index in [9.17, 15) is 18.4 Å². The summed E-state index contributed by atoms with van der Waals surface area (Å²) in [7, 11) is 0. The average Bonchev–Trinajstić information content (AvgIpc) is 3.28. The number of carboxylic acid groups (broad SMARTS) is 1. The number of aromatic nitrogens is 2. The van der Waals surface area contributed by atoms with Gasteiger partial charge in [0.15, 0.2) is 0 Å². The predicted molar refractivity (Wildman–Crippen MR) is 114 cm³/mol. The van der Waals surface area contributed by atoms with Gasteiger partial charge in [-0.15, -0.1) is 0 Å². The van der Waals surface area contributed by atoms with Crippen molar-refractivity contribution >= 4 is 22.9 Å². The Balaban J connectivity index is 1.71. The molecule has 0 saturated carbocycles. The molecule has 2 aromatic carbocycles. The molecule has 9 heteroatoms. The highest BCUT2D eigenvalue weighted by Crippen LogP contribution is 2.49. The second-order valence-electron chi connectivity index (χ2n) is 7.78. The second-order valence-corrected chi connectivity index (χ2v) is 7.78. The van der Waals surface area contributed by atoms with Gasteiger partial charge in [0.05, 0.1) is 29.5 Å². The van der Waals surface area contributed by atoms with Crippen LogP contribution in [0.1, 0.15) is 62.8 Å². The van der Waals surface area contributed by atoms with Crippen LogP contribution in [0.15, 0.2) is 36.4 Å². The van der Waals surface area contributed by atoms with E-state index in [-0.39, 0.29) is 36.1 Å². The lowest BCUT2D eigenvalue weighted by molar-refractivity contribution is -0.136. The van der Waals surface area contributed by atoms with Crippen molar-refractivity contribution in [3.8, 4) is 17.6 Å². The van der Waals surface area contributed by atoms with Crippen molar-refractivity contribution in [3.05, 3.63) is 58.9 Å². The molecule has 0 fully saturated rings. The third-order valence-electron chi connectivity index (χ3n) is 5.85. The van der Waals surface area contributed by atoms with E-state index in [1.807, 2.05) is 0 Å². The van der Waals surface area contributed by atoms with Gasteiger partial charge in [-0.25, -0.2) is 4.98 Å². The number of alkyl halides is 2. The minimum atomic E-state index is -3.14. The molecule has 0 aliphatic carbocycles. The van der Waals surface area contributed by atoms with Crippen molar-refractivity contribution < 1.29 is 32.3 Å². The predicted octanol–water partition coefficient (Wildman–Crippen LogP) is 3.97. The molecular weight excluding hydrogens is 432 g/mol. The largest absolute Gasteiger partial charge is 0.481 e. The summed E-state index contributed by atoms with van der Waals surface area (Å²) >= 11 is 0. The van der Waals surface area contributed by atoms with Crippen LogP contribution in [-0.2, 0) is 4.79 Å². The normalized spacial score (nSPS) is 20.3. The van der Waals surface area contributed by atoms with Gasteiger partial charge in [-0.1, -0.05) is 17.9 Å². The molecule has 0 radical (unpaired) electrons. The zero-order valence-corrected chi connectivity index (χ0v) is 17.1. The number of rotatable bonds is 4. The fraction of sp³-hybridized carbons (Fsp3) is 0.292. The Morgan fingerprint density at radius 3 is 2.97 bits per heavy atom. The van der Waals surface area contributed by atoms with Crippen molar-refractivity contribution in [1.82, 2.24) is 14.5 Å². The average molecular weight is 454 g/mol. The van der Waals surface area contributed by atoms with E-state index in [0.29, 0.717) is 22.4 Å². The monoisotopic (exact) mass is 454 g/mol. The molecule has 168 valence electrons. The molecule has 33 heavy (non-hydrogen) atoms. The number of carbonyl (C=O) groups excluding carboxylic acids is 1. The molecule has 0 spiro atoms. The van der Waals surface area contributed by atoms with E-state index in [2.05, 4.69) is 16.8 Å². The van der Waals surface area contributed by atoms with Crippen molar-refractivity contribution in [1.29, 1.82) is 0 Å². The van der Waals surface area contributed by atoms with Crippen molar-refractivity contribution in [2.24, 2.45) is 0 Å². The molecule has 3 heterocycles. The number of carboxylic acids is 1. The lowest BCUT2D eigenvalue weighted by Gasteiger charge is -2.24. The Morgan fingerprint density at radius 2 is 2.21 bits per heavy atom. The van der Waals surface area contributed by atoms with Gasteiger partial charge >= 0.3 is 12.6 Å². The first-order chi connectivity index (χ1) is 17.1. The smallest absolute Gasteiger partial charge is 0.387 e. The van der Waals surface area contributed by atoms with Crippen LogP contribution >= 0.6 is 0 Å². The second kappa shape index (κ2) is 7.89. The molecule has 2 aliphatic rings. The Morgan fingerprint density at radius 1 is 1.36 bits per heavy atom. The number of benzene rings is 2. The molecule has 2 atom stereocenters. The molecule has 5 rings (SSSR count). The van der Waals surface area contributed by atoms with E-state index >= 15 is 0 Å². The van der Waals surface area contributed by atoms with Crippen LogP contribution in [0.4, 0.5) is 8.78 Å². The lowest BCUT2D eigenvalue weighted by Crippen LogP contribution is -2.30. The van der Waals surface area contributed by atoms with Gasteiger partial charge in [-0.05, 0) is 30.3 Å². The lowest BCUT2D eigenvalue weighted by atomic mass is 9.97. The minimum Gasteiger partial charge on any atom is -0.481 e. The van der Waals surface area contributed by atoms with Gasteiger partial charge in [0.1, 0.15) is 11.6 Å². The van der Waals surface area contributed by atoms with Crippen LogP contribution < -0.4 is 4.74 Å². The summed E-state index contributed by atoms with van der Waals surface area (Å²) in [6, 6.07) is 7.64. The third-order valence-corrected chi connectivity index (χ3v) is 5.85. The van der Waals surface area contributed by atoms with Gasteiger partial charge < -0.3 is 19.3 Å². The molecule has 1 N–H and O–H groups in total. The molecule has 3 aromatic rings. The summed E-state index contributed by atoms with van der Waals surface area (Å²) in [4.78, 5) is 29.5. The van der Waals surface area contributed by atoms with Crippen LogP contribution in [0, 0.1) is 11.8 Å². The van der Waals surface area contributed by atoms with E-state index in [4.69, 9.17) is 14.0 Å². The van der Waals surface area contributed by atoms with Crippen molar-refractivity contribution in [3.63, 3.8) is 0 Å². The summed E-state index contributed by atoms with van der Waals surface area (Å²) in [6.45, 7) is -5.95. The van der Waals surface area contributed by atoms with Gasteiger partial charge in [-0.2, -0.15) is 8.78 Å². The van der Waals surface area contributed by atoms with Crippen LogP contribution in [0.5, 0.6) is 5.75 Å². The summed E-state index contributed by atoms with van der Waals surface area (Å²) in [5, 5.41) is 8.79. The van der Waals surface area contributed by atoms with E-state index in [1.165, 1.54) is 18.2 Å². The number of hydrogen-bond donors (Lipinski definition) is 1. The summed E-state index contributed by atoms with van der Waals surface area (Å²) < 4.78 is 57.1. The number of amides is 1. The highest BCUT2D eigenvalue weighted by molar-refractivity contribution is 5.97. The highest BCUT2D eigenvalue weighted by Gasteiger charge is 2.44. The number of imidazole rings is 1. The Bertz CT molecular complexity index is 1460.